The Bertz CT molecular complexity index is 1830. The van der Waals surface area contributed by atoms with Gasteiger partial charge in [0.2, 0.25) is 11.8 Å². The maximum absolute atomic E-state index is 14.8. The molecule has 7 rings (SSSR count). The SMILES string of the molecule is Nc1nc2c(sc(=O)n2CCN2CCN(c3cc(O[C@H]4CC[S@+]([O-])CC4)c(F)cc3F)CC2)c2nc(-c3ccco3)nn12. The van der Waals surface area contributed by atoms with Crippen LogP contribution in [0.25, 0.3) is 27.6 Å². The topological polar surface area (TPSA) is 143 Å². The molecule has 5 aromatic rings. The average molecular weight is 631 g/mol. The molecule has 2 N–H and O–H groups in total. The van der Waals surface area contributed by atoms with E-state index in [4.69, 9.17) is 14.9 Å². The van der Waals surface area contributed by atoms with Crippen LogP contribution in [0.4, 0.5) is 20.4 Å². The van der Waals surface area contributed by atoms with Crippen LogP contribution < -0.4 is 20.2 Å². The van der Waals surface area contributed by atoms with Crippen LogP contribution in [0.15, 0.2) is 39.7 Å². The highest BCUT2D eigenvalue weighted by Crippen LogP contribution is 2.31. The summed E-state index contributed by atoms with van der Waals surface area (Å²) in [5.41, 5.74) is 7.36. The third-order valence-corrected chi connectivity index (χ3v) is 10.2. The molecule has 0 aliphatic carbocycles. The van der Waals surface area contributed by atoms with Crippen molar-refractivity contribution in [1.82, 2.24) is 29.0 Å². The number of hydrogen-bond acceptors (Lipinski definition) is 11. The predicted molar refractivity (Wildman–Crippen MR) is 159 cm³/mol. The van der Waals surface area contributed by atoms with Crippen LogP contribution in [-0.2, 0) is 17.7 Å². The van der Waals surface area contributed by atoms with Gasteiger partial charge in [-0.1, -0.05) is 22.5 Å². The molecule has 0 spiro atoms. The van der Waals surface area contributed by atoms with E-state index in [1.165, 1.54) is 16.8 Å². The Hall–Kier alpha value is -3.73. The van der Waals surface area contributed by atoms with Crippen molar-refractivity contribution in [3.8, 4) is 17.3 Å². The van der Waals surface area contributed by atoms with Crippen molar-refractivity contribution >= 4 is 50.1 Å². The first kappa shape index (κ1) is 28.1. The van der Waals surface area contributed by atoms with E-state index in [1.54, 1.807) is 16.7 Å². The summed E-state index contributed by atoms with van der Waals surface area (Å²) in [5, 5.41) is 4.38. The molecule has 2 aliphatic rings. The molecule has 43 heavy (non-hydrogen) atoms. The predicted octanol–water partition coefficient (Wildman–Crippen LogP) is 2.73. The molecular formula is C27H28F2N8O4S2. The van der Waals surface area contributed by atoms with Gasteiger partial charge in [-0.25, -0.2) is 13.8 Å². The van der Waals surface area contributed by atoms with Gasteiger partial charge in [0.05, 0.1) is 12.0 Å². The highest BCUT2D eigenvalue weighted by molar-refractivity contribution is 7.91. The van der Waals surface area contributed by atoms with Crippen molar-refractivity contribution in [3.63, 3.8) is 0 Å². The van der Waals surface area contributed by atoms with E-state index in [9.17, 15) is 18.1 Å². The lowest BCUT2D eigenvalue weighted by molar-refractivity contribution is 0.181. The third-order valence-electron chi connectivity index (χ3n) is 7.84. The van der Waals surface area contributed by atoms with Crippen molar-refractivity contribution in [2.45, 2.75) is 25.5 Å². The highest BCUT2D eigenvalue weighted by atomic mass is 32.2. The van der Waals surface area contributed by atoms with Gasteiger partial charge in [-0.2, -0.15) is 9.50 Å². The van der Waals surface area contributed by atoms with E-state index in [1.807, 2.05) is 4.90 Å². The van der Waals surface area contributed by atoms with Gasteiger partial charge in [-0.3, -0.25) is 14.3 Å². The van der Waals surface area contributed by atoms with Crippen molar-refractivity contribution in [1.29, 1.82) is 0 Å². The number of nitrogens with zero attached hydrogens (tertiary/aromatic N) is 7. The molecule has 12 nitrogen and oxygen atoms in total. The lowest BCUT2D eigenvalue weighted by atomic mass is 10.2. The fourth-order valence-corrected chi connectivity index (χ4v) is 7.70. The molecular weight excluding hydrogens is 602 g/mol. The number of furan rings is 1. The molecule has 0 unspecified atom stereocenters. The lowest BCUT2D eigenvalue weighted by Gasteiger charge is -2.36. The number of aromatic nitrogens is 5. The average Bonchev–Trinajstić information content (AvgIpc) is 3.75. The Morgan fingerprint density at radius 1 is 1.09 bits per heavy atom. The third kappa shape index (κ3) is 5.43. The highest BCUT2D eigenvalue weighted by Gasteiger charge is 2.27. The molecule has 0 atom stereocenters. The molecule has 0 saturated carbocycles. The second-order valence-corrected chi connectivity index (χ2v) is 13.2. The van der Waals surface area contributed by atoms with Gasteiger partial charge in [0.15, 0.2) is 28.6 Å². The van der Waals surface area contributed by atoms with Crippen LogP contribution >= 0.6 is 11.3 Å². The Labute approximate surface area is 250 Å². The summed E-state index contributed by atoms with van der Waals surface area (Å²) in [5.74, 6) is 0.621. The van der Waals surface area contributed by atoms with E-state index in [2.05, 4.69) is 20.0 Å². The molecule has 226 valence electrons. The molecule has 0 bridgehead atoms. The van der Waals surface area contributed by atoms with Crippen LogP contribution in [0.1, 0.15) is 12.8 Å². The smallest absolute Gasteiger partial charge is 0.309 e. The van der Waals surface area contributed by atoms with E-state index in [0.29, 0.717) is 96.9 Å². The zero-order valence-corrected chi connectivity index (χ0v) is 24.6. The summed E-state index contributed by atoms with van der Waals surface area (Å²) in [6.07, 6.45) is 2.46. The fourth-order valence-electron chi connectivity index (χ4n) is 5.51. The van der Waals surface area contributed by atoms with Crippen LogP contribution in [0.2, 0.25) is 0 Å². The number of thiazole rings is 1. The molecule has 2 aliphatic heterocycles. The second kappa shape index (κ2) is 11.4. The normalized spacial score (nSPS) is 19.9. The number of hydrogen-bond donors (Lipinski definition) is 1. The Morgan fingerprint density at radius 2 is 1.88 bits per heavy atom. The molecule has 2 fully saturated rings. The first-order valence-electron chi connectivity index (χ1n) is 13.9. The van der Waals surface area contributed by atoms with Crippen molar-refractivity contribution in [2.24, 2.45) is 0 Å². The van der Waals surface area contributed by atoms with Crippen molar-refractivity contribution in [2.75, 3.05) is 54.9 Å². The standard InChI is InChI=1S/C27H28F2N8O4S2/c28-17-14-18(29)21(41-16-3-12-43(39)13-4-16)15-19(17)35-8-5-34(6-9-35)7-10-36-24-22(42-27(36)38)25-31-23(20-2-1-11-40-20)33-37(25)26(30)32-24/h1-2,11,14-16H,3-10,12-13H2,(H2,30,32)/t16-,43-. The Morgan fingerprint density at radius 3 is 2.63 bits per heavy atom. The molecule has 4 aromatic heterocycles. The van der Waals surface area contributed by atoms with Gasteiger partial charge in [-0.15, -0.1) is 5.10 Å². The van der Waals surface area contributed by atoms with Gasteiger partial charge in [0, 0.05) is 64.2 Å². The van der Waals surface area contributed by atoms with Crippen molar-refractivity contribution in [3.05, 3.63) is 51.8 Å². The minimum Gasteiger partial charge on any atom is -0.616 e. The number of piperazine rings is 1. The van der Waals surface area contributed by atoms with Gasteiger partial charge in [0.1, 0.15) is 28.1 Å². The summed E-state index contributed by atoms with van der Waals surface area (Å²) < 4.78 is 55.8. The summed E-state index contributed by atoms with van der Waals surface area (Å²) in [7, 11) is 0. The zero-order valence-electron chi connectivity index (χ0n) is 22.9. The molecule has 2 saturated heterocycles. The molecule has 0 radical (unpaired) electrons. The monoisotopic (exact) mass is 630 g/mol. The number of fused-ring (bicyclic) bond motifs is 3. The van der Waals surface area contributed by atoms with Crippen LogP contribution in [0, 0.1) is 11.6 Å². The molecule has 6 heterocycles. The zero-order chi connectivity index (χ0) is 29.7. The van der Waals surface area contributed by atoms with Gasteiger partial charge >= 0.3 is 4.87 Å². The van der Waals surface area contributed by atoms with E-state index in [0.717, 1.165) is 17.4 Å². The maximum Gasteiger partial charge on any atom is 0.309 e. The summed E-state index contributed by atoms with van der Waals surface area (Å²) in [6.45, 7) is 3.23. The number of halogens is 2. The molecule has 16 heteroatoms. The Balaban J connectivity index is 1.03. The first-order valence-corrected chi connectivity index (χ1v) is 16.2. The Kier molecular flexibility index (Phi) is 7.44. The minimum absolute atomic E-state index is 0.0186. The number of ether oxygens (including phenoxy) is 1. The number of nitrogen functional groups attached to an aromatic ring is 1. The first-order chi connectivity index (χ1) is 20.8. The number of rotatable bonds is 7. The maximum atomic E-state index is 14.8. The van der Waals surface area contributed by atoms with Crippen LogP contribution in [0.5, 0.6) is 5.75 Å². The van der Waals surface area contributed by atoms with Crippen LogP contribution in [0.3, 0.4) is 0 Å². The minimum atomic E-state index is -0.855. The second-order valence-electron chi connectivity index (χ2n) is 10.5. The number of benzene rings is 1. The molecule has 0 amide bonds. The van der Waals surface area contributed by atoms with Crippen LogP contribution in [-0.4, -0.2) is 83.9 Å². The van der Waals surface area contributed by atoms with E-state index < -0.39 is 22.8 Å². The van der Waals surface area contributed by atoms with E-state index in [-0.39, 0.29) is 22.7 Å². The molecule has 1 aromatic carbocycles. The van der Waals surface area contributed by atoms with Gasteiger partial charge in [-0.05, 0) is 12.1 Å². The lowest BCUT2D eigenvalue weighted by Crippen LogP contribution is -2.47. The summed E-state index contributed by atoms with van der Waals surface area (Å²) in [6, 6.07) is 5.78. The fraction of sp³-hybridized carbons (Fsp3) is 0.407. The summed E-state index contributed by atoms with van der Waals surface area (Å²) in [4.78, 5) is 25.9. The number of anilines is 2. The van der Waals surface area contributed by atoms with Gasteiger partial charge in [0.25, 0.3) is 0 Å². The largest absolute Gasteiger partial charge is 0.616 e. The summed E-state index contributed by atoms with van der Waals surface area (Å²) >= 11 is 0.183. The quantitative estimate of drug-likeness (QED) is 0.267. The van der Waals surface area contributed by atoms with Crippen molar-refractivity contribution < 1.29 is 22.5 Å². The van der Waals surface area contributed by atoms with Gasteiger partial charge < -0.3 is 24.3 Å². The number of nitrogens with two attached hydrogens (primary N) is 1. The van der Waals surface area contributed by atoms with E-state index >= 15 is 0 Å².